The van der Waals surface area contributed by atoms with Gasteiger partial charge in [-0.25, -0.2) is 0 Å². The lowest BCUT2D eigenvalue weighted by atomic mass is 9.75. The first kappa shape index (κ1) is 13.4. The molecule has 1 saturated heterocycles. The molecule has 94 valence electrons. The van der Waals surface area contributed by atoms with Crippen molar-refractivity contribution < 1.29 is 13.6 Å². The number of nitrogens with zero attached hydrogens (tertiary/aromatic N) is 1. The van der Waals surface area contributed by atoms with Gasteiger partial charge in [-0.05, 0) is 24.2 Å². The van der Waals surface area contributed by atoms with Crippen LogP contribution in [-0.2, 0) is 4.79 Å². The van der Waals surface area contributed by atoms with E-state index in [0.717, 1.165) is 12.8 Å². The molecule has 0 spiro atoms. The highest BCUT2D eigenvalue weighted by atomic mass is 19.3. The van der Waals surface area contributed by atoms with Crippen molar-refractivity contribution in [2.45, 2.75) is 46.5 Å². The van der Waals surface area contributed by atoms with E-state index in [4.69, 9.17) is 0 Å². The molecule has 16 heavy (non-hydrogen) atoms. The first-order valence-electron chi connectivity index (χ1n) is 5.79. The summed E-state index contributed by atoms with van der Waals surface area (Å²) in [6, 6.07) is 0. The fraction of sp³-hybridized carbons (Fsp3) is 0.917. The lowest BCUT2D eigenvalue weighted by Crippen LogP contribution is -2.47. The molecular weight excluding hydrogens is 212 g/mol. The summed E-state index contributed by atoms with van der Waals surface area (Å²) < 4.78 is 25.7. The molecule has 1 heterocycles. The van der Waals surface area contributed by atoms with E-state index < -0.39 is 11.8 Å². The van der Waals surface area contributed by atoms with Gasteiger partial charge in [-0.2, -0.15) is 8.78 Å². The number of rotatable bonds is 1. The zero-order valence-electron chi connectivity index (χ0n) is 10.5. The molecule has 0 bridgehead atoms. The minimum Gasteiger partial charge on any atom is -0.337 e. The zero-order chi connectivity index (χ0) is 12.6. The van der Waals surface area contributed by atoms with Crippen molar-refractivity contribution in [3.8, 4) is 0 Å². The maximum absolute atomic E-state index is 12.8. The number of likely N-dealkylation sites (tertiary alicyclic amines) is 1. The second kappa shape index (κ2) is 4.30. The maximum Gasteiger partial charge on any atom is 0.322 e. The highest BCUT2D eigenvalue weighted by molar-refractivity contribution is 5.83. The number of alkyl halides is 2. The smallest absolute Gasteiger partial charge is 0.322 e. The Morgan fingerprint density at radius 3 is 1.88 bits per heavy atom. The van der Waals surface area contributed by atoms with Crippen LogP contribution >= 0.6 is 0 Å². The van der Waals surface area contributed by atoms with Crippen molar-refractivity contribution in [3.63, 3.8) is 0 Å². The van der Waals surface area contributed by atoms with E-state index in [1.165, 1.54) is 4.90 Å². The number of halogens is 2. The number of carbonyl (C=O) groups is 1. The highest BCUT2D eigenvalue weighted by Gasteiger charge is 2.39. The fourth-order valence-corrected chi connectivity index (χ4v) is 2.23. The van der Waals surface area contributed by atoms with E-state index in [9.17, 15) is 13.6 Å². The van der Waals surface area contributed by atoms with E-state index in [2.05, 4.69) is 20.8 Å². The summed E-state index contributed by atoms with van der Waals surface area (Å²) >= 11 is 0. The molecule has 1 rings (SSSR count). The number of hydrogen-bond donors (Lipinski definition) is 0. The Bertz CT molecular complexity index is 257. The average Bonchev–Trinajstić information content (AvgIpc) is 2.14. The largest absolute Gasteiger partial charge is 0.337 e. The Morgan fingerprint density at radius 1 is 1.12 bits per heavy atom. The Morgan fingerprint density at radius 2 is 1.56 bits per heavy atom. The topological polar surface area (TPSA) is 20.3 Å². The van der Waals surface area contributed by atoms with Crippen LogP contribution in [0.5, 0.6) is 0 Å². The average molecular weight is 233 g/mol. The summed E-state index contributed by atoms with van der Waals surface area (Å²) in [5, 5.41) is 0. The molecule has 1 amide bonds. The van der Waals surface area contributed by atoms with E-state index in [1.54, 1.807) is 0 Å². The monoisotopic (exact) mass is 233 g/mol. The molecule has 0 aromatic carbocycles. The molecule has 0 N–H and O–H groups in total. The molecule has 0 saturated carbocycles. The van der Waals surface area contributed by atoms with Crippen LogP contribution in [0.2, 0.25) is 0 Å². The van der Waals surface area contributed by atoms with Gasteiger partial charge in [-0.15, -0.1) is 0 Å². The van der Waals surface area contributed by atoms with Crippen molar-refractivity contribution in [1.29, 1.82) is 0 Å². The second-order valence-electron chi connectivity index (χ2n) is 5.82. The third-order valence-corrected chi connectivity index (χ3v) is 3.38. The molecule has 0 radical (unpaired) electrons. The van der Waals surface area contributed by atoms with Crippen molar-refractivity contribution in [3.05, 3.63) is 0 Å². The van der Waals surface area contributed by atoms with Crippen LogP contribution in [0.3, 0.4) is 0 Å². The van der Waals surface area contributed by atoms with Crippen molar-refractivity contribution >= 4 is 5.91 Å². The molecule has 0 atom stereocenters. The molecule has 0 aliphatic carbocycles. The van der Waals surface area contributed by atoms with Crippen LogP contribution in [-0.4, -0.2) is 29.8 Å². The molecule has 1 fully saturated rings. The van der Waals surface area contributed by atoms with E-state index in [-0.39, 0.29) is 5.41 Å². The van der Waals surface area contributed by atoms with Crippen LogP contribution < -0.4 is 0 Å². The van der Waals surface area contributed by atoms with Crippen LogP contribution in [0.1, 0.15) is 40.5 Å². The van der Waals surface area contributed by atoms with Gasteiger partial charge in [0.15, 0.2) is 0 Å². The predicted octanol–water partition coefficient (Wildman–Crippen LogP) is 2.93. The van der Waals surface area contributed by atoms with Gasteiger partial charge < -0.3 is 4.90 Å². The summed E-state index contributed by atoms with van der Waals surface area (Å²) in [6.07, 6.45) is 1.65. The van der Waals surface area contributed by atoms with Gasteiger partial charge in [-0.1, -0.05) is 20.8 Å². The summed E-state index contributed by atoms with van der Waals surface area (Å²) in [7, 11) is 0. The van der Waals surface area contributed by atoms with Crippen LogP contribution in [0.25, 0.3) is 0 Å². The molecule has 0 aromatic heterocycles. The van der Waals surface area contributed by atoms with Gasteiger partial charge in [0.05, 0.1) is 0 Å². The third-order valence-electron chi connectivity index (χ3n) is 3.38. The zero-order valence-corrected chi connectivity index (χ0v) is 10.5. The number of hydrogen-bond acceptors (Lipinski definition) is 1. The van der Waals surface area contributed by atoms with Crippen LogP contribution in [0.4, 0.5) is 8.78 Å². The normalized spacial score (nSPS) is 20.0. The Labute approximate surface area is 96.0 Å². The van der Waals surface area contributed by atoms with Crippen LogP contribution in [0, 0.1) is 11.3 Å². The predicted molar refractivity (Wildman–Crippen MR) is 59.4 cm³/mol. The van der Waals surface area contributed by atoms with E-state index in [1.807, 2.05) is 0 Å². The fourth-order valence-electron chi connectivity index (χ4n) is 2.23. The van der Waals surface area contributed by atoms with Crippen molar-refractivity contribution in [2.24, 2.45) is 11.3 Å². The molecule has 0 aromatic rings. The minimum atomic E-state index is -3.23. The van der Waals surface area contributed by atoms with Crippen molar-refractivity contribution in [2.75, 3.05) is 13.1 Å². The molecule has 4 heteroatoms. The summed E-state index contributed by atoms with van der Waals surface area (Å²) in [5.41, 5.74) is 0.198. The van der Waals surface area contributed by atoms with Gasteiger partial charge in [0.25, 0.3) is 5.91 Å². The molecule has 2 nitrogen and oxygen atoms in total. The molecule has 1 aliphatic heterocycles. The maximum atomic E-state index is 12.8. The minimum absolute atomic E-state index is 0.198. The standard InChI is InChI=1S/C12H21F2NO/c1-11(2,3)9-5-7-15(8-6-9)10(16)12(4,13)14/h9H,5-8H2,1-4H3. The van der Waals surface area contributed by atoms with Gasteiger partial charge in [0.2, 0.25) is 0 Å². The highest BCUT2D eigenvalue weighted by Crippen LogP contribution is 2.34. The van der Waals surface area contributed by atoms with Gasteiger partial charge in [0.1, 0.15) is 0 Å². The molecule has 0 unspecified atom stereocenters. The SMILES string of the molecule is CC(F)(F)C(=O)N1CCC(C(C)(C)C)CC1. The van der Waals surface area contributed by atoms with E-state index in [0.29, 0.717) is 25.9 Å². The Hall–Kier alpha value is -0.670. The summed E-state index contributed by atoms with van der Waals surface area (Å²) in [4.78, 5) is 12.6. The lowest BCUT2D eigenvalue weighted by molar-refractivity contribution is -0.156. The van der Waals surface area contributed by atoms with Gasteiger partial charge >= 0.3 is 5.92 Å². The first-order chi connectivity index (χ1) is 7.12. The van der Waals surface area contributed by atoms with Crippen molar-refractivity contribution in [1.82, 2.24) is 4.90 Å². The van der Waals surface area contributed by atoms with Gasteiger partial charge in [0, 0.05) is 20.0 Å². The van der Waals surface area contributed by atoms with E-state index >= 15 is 0 Å². The second-order valence-corrected chi connectivity index (χ2v) is 5.82. The summed E-state index contributed by atoms with van der Waals surface area (Å²) in [6.45, 7) is 8.07. The Kier molecular flexibility index (Phi) is 3.60. The number of amides is 1. The number of carbonyl (C=O) groups excluding carboxylic acids is 1. The first-order valence-corrected chi connectivity index (χ1v) is 5.79. The van der Waals surface area contributed by atoms with Crippen LogP contribution in [0.15, 0.2) is 0 Å². The Balaban J connectivity index is 2.53. The number of piperidine rings is 1. The quantitative estimate of drug-likeness (QED) is 0.682. The molecular formula is C12H21F2NO. The summed E-state index contributed by atoms with van der Waals surface area (Å²) in [5.74, 6) is -3.74. The lowest BCUT2D eigenvalue weighted by Gasteiger charge is -2.39. The van der Waals surface area contributed by atoms with Gasteiger partial charge in [-0.3, -0.25) is 4.79 Å². The molecule has 1 aliphatic rings. The third kappa shape index (κ3) is 3.16.